The minimum atomic E-state index is -0.152. The molecule has 2 aromatic carbocycles. The van der Waals surface area contributed by atoms with E-state index in [0.29, 0.717) is 65.9 Å². The third-order valence-electron chi connectivity index (χ3n) is 7.68. The van der Waals surface area contributed by atoms with Crippen molar-refractivity contribution < 1.29 is 14.0 Å². The van der Waals surface area contributed by atoms with Crippen LogP contribution in [0.2, 0.25) is 0 Å². The molecule has 42 heavy (non-hydrogen) atoms. The van der Waals surface area contributed by atoms with Gasteiger partial charge in [-0.15, -0.1) is 10.2 Å². The first-order valence-corrected chi connectivity index (χ1v) is 14.0. The molecule has 212 valence electrons. The van der Waals surface area contributed by atoms with E-state index in [9.17, 15) is 9.59 Å². The Morgan fingerprint density at radius 2 is 1.81 bits per heavy atom. The van der Waals surface area contributed by atoms with Crippen molar-refractivity contribution in [3.05, 3.63) is 83.9 Å². The molecule has 5 aromatic rings. The van der Waals surface area contributed by atoms with Crippen LogP contribution in [0.4, 0.5) is 5.69 Å². The van der Waals surface area contributed by atoms with E-state index in [0.717, 1.165) is 18.4 Å². The maximum Gasteiger partial charge on any atom is 0.272 e. The number of rotatable bonds is 7. The van der Waals surface area contributed by atoms with Gasteiger partial charge in [0.2, 0.25) is 11.8 Å². The lowest BCUT2D eigenvalue weighted by Gasteiger charge is -2.38. The average Bonchev–Trinajstić information content (AvgIpc) is 3.66. The van der Waals surface area contributed by atoms with Crippen molar-refractivity contribution in [3.8, 4) is 11.5 Å². The van der Waals surface area contributed by atoms with Crippen LogP contribution < -0.4 is 5.32 Å². The Morgan fingerprint density at radius 1 is 1.00 bits per heavy atom. The highest BCUT2D eigenvalue weighted by atomic mass is 16.3. The van der Waals surface area contributed by atoms with Crippen molar-refractivity contribution in [3.63, 3.8) is 0 Å². The number of hydrogen-bond acceptors (Lipinski definition) is 9. The first kappa shape index (κ1) is 26.0. The fraction of sp³-hybridized carbons (Fsp3) is 0.300. The van der Waals surface area contributed by atoms with Gasteiger partial charge in [-0.2, -0.15) is 4.80 Å². The van der Waals surface area contributed by atoms with Gasteiger partial charge in [0.25, 0.3) is 5.91 Å². The molecule has 4 heterocycles. The molecule has 2 amide bonds. The van der Waals surface area contributed by atoms with Crippen molar-refractivity contribution in [2.45, 2.75) is 18.9 Å². The van der Waals surface area contributed by atoms with E-state index in [1.807, 2.05) is 29.2 Å². The van der Waals surface area contributed by atoms with Crippen LogP contribution in [0.15, 0.2) is 71.3 Å². The lowest BCUT2D eigenvalue weighted by molar-refractivity contribution is -0.117. The Balaban J connectivity index is 1.05. The standard InChI is InChI=1S/C30H29N9O3/c1-37-35-27(34-36-37)26(19-5-3-2-4-6-19)38-13-15-39(16-14-38)30(41)24-17-21(11-12-31-24)29-33-23-18-22(9-10-25(23)42-29)32-28(40)20-7-8-20/h2-6,9-12,17-18,20,26H,7-8,13-16H2,1H3,(H,32,40). The average molecular weight is 564 g/mol. The number of hydrogen-bond donors (Lipinski definition) is 1. The lowest BCUT2D eigenvalue weighted by atomic mass is 10.0. The van der Waals surface area contributed by atoms with E-state index in [1.54, 1.807) is 37.5 Å². The number of amides is 2. The van der Waals surface area contributed by atoms with Gasteiger partial charge in [-0.3, -0.25) is 19.5 Å². The number of pyridine rings is 1. The van der Waals surface area contributed by atoms with Crippen molar-refractivity contribution in [1.82, 2.24) is 40.0 Å². The van der Waals surface area contributed by atoms with Gasteiger partial charge in [0.1, 0.15) is 11.2 Å². The van der Waals surface area contributed by atoms with E-state index >= 15 is 0 Å². The Morgan fingerprint density at radius 3 is 2.55 bits per heavy atom. The van der Waals surface area contributed by atoms with E-state index in [4.69, 9.17) is 4.42 Å². The highest BCUT2D eigenvalue weighted by molar-refractivity contribution is 5.96. The summed E-state index contributed by atoms with van der Waals surface area (Å²) >= 11 is 0. The maximum absolute atomic E-state index is 13.5. The molecule has 1 N–H and O–H groups in total. The molecule has 1 aliphatic carbocycles. The number of carbonyl (C=O) groups excluding carboxylic acids is 2. The van der Waals surface area contributed by atoms with Gasteiger partial charge >= 0.3 is 0 Å². The summed E-state index contributed by atoms with van der Waals surface area (Å²) in [5.74, 6) is 1.03. The molecule has 1 aliphatic heterocycles. The number of fused-ring (bicyclic) bond motifs is 1. The molecule has 12 heteroatoms. The van der Waals surface area contributed by atoms with Crippen LogP contribution in [-0.2, 0) is 11.8 Å². The smallest absolute Gasteiger partial charge is 0.272 e. The molecule has 3 aromatic heterocycles. The Hall–Kier alpha value is -4.97. The summed E-state index contributed by atoms with van der Waals surface area (Å²) in [4.78, 5) is 40.2. The molecule has 0 radical (unpaired) electrons. The van der Waals surface area contributed by atoms with Crippen LogP contribution in [0.1, 0.15) is 40.8 Å². The van der Waals surface area contributed by atoms with Crippen LogP contribution in [0.5, 0.6) is 0 Å². The Bertz CT molecular complexity index is 1750. The molecule has 7 rings (SSSR count). The second kappa shape index (κ2) is 10.8. The second-order valence-corrected chi connectivity index (χ2v) is 10.7. The number of carbonyl (C=O) groups is 2. The highest BCUT2D eigenvalue weighted by Crippen LogP contribution is 2.32. The largest absolute Gasteiger partial charge is 0.436 e. The minimum absolute atomic E-state index is 0.0391. The molecule has 1 unspecified atom stereocenters. The summed E-state index contributed by atoms with van der Waals surface area (Å²) in [7, 11) is 1.75. The van der Waals surface area contributed by atoms with Gasteiger partial charge in [0.05, 0.1) is 13.1 Å². The summed E-state index contributed by atoms with van der Waals surface area (Å²) in [6.07, 6.45) is 3.48. The number of benzene rings is 2. The van der Waals surface area contributed by atoms with Gasteiger partial charge in [-0.1, -0.05) is 30.3 Å². The zero-order valence-corrected chi connectivity index (χ0v) is 23.1. The molecule has 2 aliphatic rings. The quantitative estimate of drug-likeness (QED) is 0.316. The van der Waals surface area contributed by atoms with Crippen LogP contribution >= 0.6 is 0 Å². The number of nitrogens with one attached hydrogen (secondary N) is 1. The molecule has 0 spiro atoms. The third kappa shape index (κ3) is 5.23. The van der Waals surface area contributed by atoms with E-state index in [2.05, 4.69) is 47.7 Å². The monoisotopic (exact) mass is 563 g/mol. The number of anilines is 1. The number of piperazine rings is 1. The number of aromatic nitrogens is 6. The van der Waals surface area contributed by atoms with Gasteiger partial charge < -0.3 is 14.6 Å². The second-order valence-electron chi connectivity index (χ2n) is 10.7. The van der Waals surface area contributed by atoms with Crippen molar-refractivity contribution in [2.75, 3.05) is 31.5 Å². The lowest BCUT2D eigenvalue weighted by Crippen LogP contribution is -2.50. The molecule has 12 nitrogen and oxygen atoms in total. The van der Waals surface area contributed by atoms with E-state index in [-0.39, 0.29) is 23.8 Å². The molecular weight excluding hydrogens is 534 g/mol. The summed E-state index contributed by atoms with van der Waals surface area (Å²) < 4.78 is 5.98. The SMILES string of the molecule is Cn1nnc(C(c2ccccc2)N2CCN(C(=O)c3cc(-c4nc5cc(NC(=O)C6CC6)ccc5o4)ccn3)CC2)n1. The minimum Gasteiger partial charge on any atom is -0.436 e. The fourth-order valence-electron chi connectivity index (χ4n) is 5.31. The first-order chi connectivity index (χ1) is 20.5. The predicted octanol–water partition coefficient (Wildman–Crippen LogP) is 3.31. The third-order valence-corrected chi connectivity index (χ3v) is 7.68. The molecular formula is C30H29N9O3. The van der Waals surface area contributed by atoms with Crippen LogP contribution in [0.25, 0.3) is 22.6 Å². The van der Waals surface area contributed by atoms with Gasteiger partial charge in [0, 0.05) is 49.5 Å². The topological polar surface area (TPSA) is 135 Å². The molecule has 1 saturated carbocycles. The Labute approximate surface area is 241 Å². The molecule has 1 atom stereocenters. The highest BCUT2D eigenvalue weighted by Gasteiger charge is 2.32. The molecule has 1 saturated heterocycles. The van der Waals surface area contributed by atoms with E-state index in [1.165, 1.54) is 4.80 Å². The van der Waals surface area contributed by atoms with Crippen molar-refractivity contribution >= 4 is 28.6 Å². The first-order valence-electron chi connectivity index (χ1n) is 14.0. The fourth-order valence-corrected chi connectivity index (χ4v) is 5.31. The normalized spacial score (nSPS) is 16.5. The number of oxazole rings is 1. The van der Waals surface area contributed by atoms with Crippen molar-refractivity contribution in [1.29, 1.82) is 0 Å². The summed E-state index contributed by atoms with van der Waals surface area (Å²) in [5, 5.41) is 15.7. The molecule has 2 fully saturated rings. The van der Waals surface area contributed by atoms with Crippen LogP contribution in [0, 0.1) is 5.92 Å². The van der Waals surface area contributed by atoms with Crippen LogP contribution in [-0.4, -0.2) is 78.0 Å². The predicted molar refractivity (Wildman–Crippen MR) is 153 cm³/mol. The Kier molecular flexibility index (Phi) is 6.67. The maximum atomic E-state index is 13.5. The molecule has 0 bridgehead atoms. The van der Waals surface area contributed by atoms with E-state index < -0.39 is 0 Å². The van der Waals surface area contributed by atoms with Crippen LogP contribution in [0.3, 0.4) is 0 Å². The zero-order valence-electron chi connectivity index (χ0n) is 23.1. The zero-order chi connectivity index (χ0) is 28.6. The van der Waals surface area contributed by atoms with Crippen molar-refractivity contribution in [2.24, 2.45) is 13.0 Å². The summed E-state index contributed by atoms with van der Waals surface area (Å²) in [6, 6.07) is 18.8. The van der Waals surface area contributed by atoms with Gasteiger partial charge in [-0.25, -0.2) is 4.98 Å². The van der Waals surface area contributed by atoms with Gasteiger partial charge in [0.15, 0.2) is 11.4 Å². The summed E-state index contributed by atoms with van der Waals surface area (Å²) in [5.41, 5.74) is 3.98. The number of tetrazole rings is 1. The number of nitrogens with zero attached hydrogens (tertiary/aromatic N) is 8. The number of aryl methyl sites for hydroxylation is 1. The van der Waals surface area contributed by atoms with Gasteiger partial charge in [-0.05, 0) is 54.0 Å². The summed E-state index contributed by atoms with van der Waals surface area (Å²) in [6.45, 7) is 2.36.